The Kier molecular flexibility index (Phi) is 8.05. The average molecular weight is 489 g/mol. The lowest BCUT2D eigenvalue weighted by atomic mass is 10.2. The van der Waals surface area contributed by atoms with Crippen molar-refractivity contribution in [1.82, 2.24) is 20.1 Å². The Labute approximate surface area is 209 Å². The molecule has 35 heavy (non-hydrogen) atoms. The first-order valence-electron chi connectivity index (χ1n) is 11.3. The number of nitrogens with zero attached hydrogens (tertiary/aromatic N) is 3. The number of nitrogens with one attached hydrogen (secondary N) is 1. The highest BCUT2D eigenvalue weighted by Crippen LogP contribution is 2.29. The van der Waals surface area contributed by atoms with Crippen molar-refractivity contribution in [3.63, 3.8) is 0 Å². The van der Waals surface area contributed by atoms with E-state index in [0.717, 1.165) is 22.6 Å². The number of methoxy groups -OCH3 is 1. The number of carbonyl (C=O) groups is 1. The van der Waals surface area contributed by atoms with E-state index in [9.17, 15) is 4.79 Å². The number of aromatic nitrogens is 3. The van der Waals surface area contributed by atoms with Gasteiger partial charge in [-0.1, -0.05) is 65.9 Å². The molecule has 0 saturated heterocycles. The van der Waals surface area contributed by atoms with Crippen LogP contribution in [0.5, 0.6) is 11.5 Å². The molecule has 0 spiro atoms. The number of thioether (sulfide) groups is 1. The van der Waals surface area contributed by atoms with Gasteiger partial charge < -0.3 is 14.8 Å². The molecule has 0 saturated carbocycles. The summed E-state index contributed by atoms with van der Waals surface area (Å²) < 4.78 is 13.4. The van der Waals surface area contributed by atoms with Gasteiger partial charge in [-0.2, -0.15) is 0 Å². The Balaban J connectivity index is 1.32. The summed E-state index contributed by atoms with van der Waals surface area (Å²) in [5, 5.41) is 12.1. The van der Waals surface area contributed by atoms with Gasteiger partial charge >= 0.3 is 0 Å². The monoisotopic (exact) mass is 488 g/mol. The predicted octanol–water partition coefficient (Wildman–Crippen LogP) is 4.88. The molecule has 8 heteroatoms. The van der Waals surface area contributed by atoms with Crippen molar-refractivity contribution in [2.75, 3.05) is 12.9 Å². The lowest BCUT2D eigenvalue weighted by molar-refractivity contribution is -0.118. The van der Waals surface area contributed by atoms with Gasteiger partial charge in [0.1, 0.15) is 12.4 Å². The summed E-state index contributed by atoms with van der Waals surface area (Å²) in [6, 6.07) is 23.8. The molecule has 0 atom stereocenters. The van der Waals surface area contributed by atoms with E-state index in [1.54, 1.807) is 7.11 Å². The molecule has 0 bridgehead atoms. The van der Waals surface area contributed by atoms with Crippen LogP contribution < -0.4 is 14.8 Å². The number of carbonyl (C=O) groups excluding carboxylic acids is 1. The second-order valence-electron chi connectivity index (χ2n) is 8.03. The molecule has 1 amide bonds. The van der Waals surface area contributed by atoms with Crippen LogP contribution in [0.4, 0.5) is 0 Å². The van der Waals surface area contributed by atoms with Gasteiger partial charge in [-0.25, -0.2) is 0 Å². The van der Waals surface area contributed by atoms with Gasteiger partial charge in [0.05, 0.1) is 12.9 Å². The fourth-order valence-corrected chi connectivity index (χ4v) is 4.31. The van der Waals surface area contributed by atoms with Gasteiger partial charge in [-0.3, -0.25) is 9.36 Å². The van der Waals surface area contributed by atoms with Crippen molar-refractivity contribution in [3.8, 4) is 17.2 Å². The fraction of sp³-hybridized carbons (Fsp3) is 0.222. The maximum Gasteiger partial charge on any atom is 0.230 e. The van der Waals surface area contributed by atoms with E-state index < -0.39 is 0 Å². The number of ether oxygens (including phenoxy) is 2. The van der Waals surface area contributed by atoms with E-state index in [1.807, 2.05) is 91.2 Å². The molecule has 1 heterocycles. The second kappa shape index (κ2) is 11.6. The van der Waals surface area contributed by atoms with Crippen LogP contribution in [0, 0.1) is 13.8 Å². The highest BCUT2D eigenvalue weighted by atomic mass is 32.2. The third kappa shape index (κ3) is 6.42. The third-order valence-electron chi connectivity index (χ3n) is 5.37. The summed E-state index contributed by atoms with van der Waals surface area (Å²) in [6.07, 6.45) is 0. The topological polar surface area (TPSA) is 78.3 Å². The molecule has 0 aliphatic heterocycles. The van der Waals surface area contributed by atoms with Crippen LogP contribution in [0.1, 0.15) is 22.5 Å². The van der Waals surface area contributed by atoms with Gasteiger partial charge in [0.2, 0.25) is 5.91 Å². The minimum atomic E-state index is -0.0884. The van der Waals surface area contributed by atoms with E-state index in [4.69, 9.17) is 9.47 Å². The van der Waals surface area contributed by atoms with Crippen LogP contribution in [0.2, 0.25) is 0 Å². The molecule has 0 aliphatic carbocycles. The van der Waals surface area contributed by atoms with Crippen molar-refractivity contribution < 1.29 is 14.3 Å². The molecule has 7 nitrogen and oxygen atoms in total. The standard InChI is InChI=1S/C27H28N4O3S/c1-19-9-12-23(13-10-19)31-20(2)29-30-27(31)35-18-26(32)28-16-22-11-14-24(25(15-22)33-3)34-17-21-7-5-4-6-8-21/h4-15H,16-18H2,1-3H3,(H,28,32). The lowest BCUT2D eigenvalue weighted by Crippen LogP contribution is -2.24. The minimum Gasteiger partial charge on any atom is -0.493 e. The molecule has 0 radical (unpaired) electrons. The molecule has 3 aromatic carbocycles. The second-order valence-corrected chi connectivity index (χ2v) is 8.97. The minimum absolute atomic E-state index is 0.0884. The SMILES string of the molecule is COc1cc(CNC(=O)CSc2nnc(C)n2-c2ccc(C)cc2)ccc1OCc1ccccc1. The third-order valence-corrected chi connectivity index (χ3v) is 6.30. The van der Waals surface area contributed by atoms with Crippen LogP contribution in [0.3, 0.4) is 0 Å². The zero-order chi connectivity index (χ0) is 24.6. The summed E-state index contributed by atoms with van der Waals surface area (Å²) in [4.78, 5) is 12.5. The summed E-state index contributed by atoms with van der Waals surface area (Å²) in [5.41, 5.74) is 4.16. The molecule has 4 aromatic rings. The van der Waals surface area contributed by atoms with Crippen LogP contribution >= 0.6 is 11.8 Å². The lowest BCUT2D eigenvalue weighted by Gasteiger charge is -2.13. The maximum absolute atomic E-state index is 12.5. The first kappa shape index (κ1) is 24.3. The summed E-state index contributed by atoms with van der Waals surface area (Å²) in [5.74, 6) is 2.21. The van der Waals surface area contributed by atoms with Gasteiger partial charge in [0.15, 0.2) is 16.7 Å². The largest absolute Gasteiger partial charge is 0.493 e. The predicted molar refractivity (Wildman–Crippen MR) is 137 cm³/mol. The molecule has 1 N–H and O–H groups in total. The zero-order valence-corrected chi connectivity index (χ0v) is 20.8. The molecular formula is C27H28N4O3S. The zero-order valence-electron chi connectivity index (χ0n) is 20.0. The average Bonchev–Trinajstić information content (AvgIpc) is 3.26. The van der Waals surface area contributed by atoms with Crippen molar-refractivity contribution in [2.45, 2.75) is 32.2 Å². The summed E-state index contributed by atoms with van der Waals surface area (Å²) in [7, 11) is 1.61. The molecule has 0 aliphatic rings. The van der Waals surface area contributed by atoms with Gasteiger partial charge in [0, 0.05) is 12.2 Å². The maximum atomic E-state index is 12.5. The molecule has 4 rings (SSSR count). The van der Waals surface area contributed by atoms with Gasteiger partial charge in [-0.15, -0.1) is 10.2 Å². The molecule has 1 aromatic heterocycles. The number of benzene rings is 3. The van der Waals surface area contributed by atoms with Crippen molar-refractivity contribution >= 4 is 17.7 Å². The highest BCUT2D eigenvalue weighted by Gasteiger charge is 2.14. The van der Waals surface area contributed by atoms with E-state index in [0.29, 0.717) is 29.8 Å². The van der Waals surface area contributed by atoms with Crippen LogP contribution in [0.25, 0.3) is 5.69 Å². The summed E-state index contributed by atoms with van der Waals surface area (Å²) >= 11 is 1.36. The molecule has 0 unspecified atom stereocenters. The van der Waals surface area contributed by atoms with E-state index in [-0.39, 0.29) is 11.7 Å². The Hall–Kier alpha value is -3.78. The first-order chi connectivity index (χ1) is 17.0. The fourth-order valence-electron chi connectivity index (χ4n) is 3.49. The van der Waals surface area contributed by atoms with Crippen LogP contribution in [0.15, 0.2) is 78.0 Å². The first-order valence-corrected chi connectivity index (χ1v) is 12.2. The Morgan fingerprint density at radius 3 is 2.46 bits per heavy atom. The summed E-state index contributed by atoms with van der Waals surface area (Å²) in [6.45, 7) is 4.79. The van der Waals surface area contributed by atoms with Crippen molar-refractivity contribution in [1.29, 1.82) is 0 Å². The Bertz CT molecular complexity index is 1270. The van der Waals surface area contributed by atoms with Crippen LogP contribution in [-0.4, -0.2) is 33.5 Å². The van der Waals surface area contributed by atoms with E-state index in [2.05, 4.69) is 15.5 Å². The number of aryl methyl sites for hydroxylation is 2. The number of hydrogen-bond acceptors (Lipinski definition) is 6. The number of hydrogen-bond donors (Lipinski definition) is 1. The number of amides is 1. The van der Waals surface area contributed by atoms with Crippen molar-refractivity contribution in [2.24, 2.45) is 0 Å². The van der Waals surface area contributed by atoms with Gasteiger partial charge in [-0.05, 0) is 49.2 Å². The van der Waals surface area contributed by atoms with E-state index in [1.165, 1.54) is 17.3 Å². The molecule has 180 valence electrons. The van der Waals surface area contributed by atoms with Gasteiger partial charge in [0.25, 0.3) is 0 Å². The molecule has 0 fully saturated rings. The molecular weight excluding hydrogens is 460 g/mol. The normalized spacial score (nSPS) is 10.7. The van der Waals surface area contributed by atoms with E-state index >= 15 is 0 Å². The number of rotatable bonds is 10. The van der Waals surface area contributed by atoms with Crippen LogP contribution in [-0.2, 0) is 17.9 Å². The Morgan fingerprint density at radius 2 is 1.71 bits per heavy atom. The quantitative estimate of drug-likeness (QED) is 0.321. The highest BCUT2D eigenvalue weighted by molar-refractivity contribution is 7.99. The Morgan fingerprint density at radius 1 is 0.943 bits per heavy atom. The van der Waals surface area contributed by atoms with Crippen molar-refractivity contribution in [3.05, 3.63) is 95.3 Å². The smallest absolute Gasteiger partial charge is 0.230 e.